The summed E-state index contributed by atoms with van der Waals surface area (Å²) in [4.78, 5) is 36.6. The fourth-order valence-electron chi connectivity index (χ4n) is 3.09. The van der Waals surface area contributed by atoms with Crippen molar-refractivity contribution in [1.29, 1.82) is 0 Å². The van der Waals surface area contributed by atoms with Crippen LogP contribution in [0.1, 0.15) is 63.0 Å². The van der Waals surface area contributed by atoms with Crippen molar-refractivity contribution in [2.45, 2.75) is 48.0 Å². The average molecular weight is 539 g/mol. The van der Waals surface area contributed by atoms with Crippen LogP contribution in [0.4, 0.5) is 0 Å². The van der Waals surface area contributed by atoms with E-state index in [2.05, 4.69) is 6.58 Å². The molecule has 0 amide bonds. The Bertz CT molecular complexity index is 1190. The first-order chi connectivity index (χ1) is 18.3. The van der Waals surface area contributed by atoms with Crippen LogP contribution in [0.25, 0.3) is 6.08 Å². The Hall–Kier alpha value is -4.07. The number of ketones is 1. The lowest BCUT2D eigenvalue weighted by atomic mass is 9.97. The van der Waals surface area contributed by atoms with E-state index < -0.39 is 10.8 Å². The summed E-state index contributed by atoms with van der Waals surface area (Å²) in [5, 5.41) is 0. The molecular formula is C31H38O8. The second-order valence-electron chi connectivity index (χ2n) is 10.8. The Morgan fingerprint density at radius 3 is 1.90 bits per heavy atom. The maximum atomic E-state index is 12.8. The minimum Gasteiger partial charge on any atom is -0.496 e. The predicted molar refractivity (Wildman–Crippen MR) is 149 cm³/mol. The molecule has 0 aromatic heterocycles. The third kappa shape index (κ3) is 9.63. The highest BCUT2D eigenvalue weighted by atomic mass is 16.7. The Morgan fingerprint density at radius 1 is 0.821 bits per heavy atom. The number of methoxy groups -OCH3 is 1. The second-order valence-corrected chi connectivity index (χ2v) is 10.8. The molecule has 0 aliphatic carbocycles. The summed E-state index contributed by atoms with van der Waals surface area (Å²) >= 11 is 0. The van der Waals surface area contributed by atoms with Crippen LogP contribution in [0, 0.1) is 10.8 Å². The van der Waals surface area contributed by atoms with Gasteiger partial charge in [0.2, 0.25) is 13.6 Å². The van der Waals surface area contributed by atoms with E-state index in [-0.39, 0.29) is 31.3 Å². The quantitative estimate of drug-likeness (QED) is 0.104. The fourth-order valence-corrected chi connectivity index (χ4v) is 3.09. The lowest BCUT2D eigenvalue weighted by Gasteiger charge is -2.18. The number of carbonyl (C=O) groups is 3. The summed E-state index contributed by atoms with van der Waals surface area (Å²) in [6.07, 6.45) is 5.33. The van der Waals surface area contributed by atoms with Crippen LogP contribution < -0.4 is 14.2 Å². The number of esters is 2. The summed E-state index contributed by atoms with van der Waals surface area (Å²) in [6, 6.07) is 10.0. The average Bonchev–Trinajstić information content (AvgIpc) is 2.87. The molecule has 2 aromatic carbocycles. The molecule has 8 heteroatoms. The molecule has 0 N–H and O–H groups in total. The molecule has 210 valence electrons. The van der Waals surface area contributed by atoms with Crippen molar-refractivity contribution in [2.24, 2.45) is 10.8 Å². The first-order valence-electron chi connectivity index (χ1n) is 12.5. The zero-order valence-corrected chi connectivity index (χ0v) is 23.8. The Balaban J connectivity index is 2.10. The van der Waals surface area contributed by atoms with E-state index in [1.165, 1.54) is 13.2 Å². The molecule has 0 heterocycles. The van der Waals surface area contributed by atoms with Gasteiger partial charge in [-0.15, -0.1) is 6.58 Å². The zero-order chi connectivity index (χ0) is 29.2. The van der Waals surface area contributed by atoms with Crippen molar-refractivity contribution in [3.63, 3.8) is 0 Å². The topological polar surface area (TPSA) is 97.4 Å². The van der Waals surface area contributed by atoms with Crippen LogP contribution in [0.15, 0.2) is 55.1 Å². The van der Waals surface area contributed by atoms with Gasteiger partial charge in [0.05, 0.1) is 17.9 Å². The van der Waals surface area contributed by atoms with Crippen LogP contribution in [0.3, 0.4) is 0 Å². The van der Waals surface area contributed by atoms with Gasteiger partial charge in [-0.25, -0.2) is 0 Å². The third-order valence-electron chi connectivity index (χ3n) is 5.37. The van der Waals surface area contributed by atoms with Gasteiger partial charge in [0.15, 0.2) is 5.78 Å². The first-order valence-corrected chi connectivity index (χ1v) is 12.5. The molecule has 0 spiro atoms. The van der Waals surface area contributed by atoms with Crippen LogP contribution in [0.2, 0.25) is 0 Å². The molecule has 2 rings (SSSR count). The van der Waals surface area contributed by atoms with Gasteiger partial charge < -0.3 is 23.7 Å². The van der Waals surface area contributed by atoms with Crippen molar-refractivity contribution < 1.29 is 38.1 Å². The van der Waals surface area contributed by atoms with Crippen molar-refractivity contribution >= 4 is 23.8 Å². The van der Waals surface area contributed by atoms with Gasteiger partial charge in [-0.3, -0.25) is 14.4 Å². The van der Waals surface area contributed by atoms with E-state index in [1.807, 2.05) is 6.07 Å². The minimum absolute atomic E-state index is 0.213. The lowest BCUT2D eigenvalue weighted by molar-refractivity contribution is -0.160. The van der Waals surface area contributed by atoms with E-state index in [0.29, 0.717) is 34.8 Å². The number of allylic oxidation sites excluding steroid dienone is 2. The molecule has 0 saturated carbocycles. The highest BCUT2D eigenvalue weighted by Gasteiger charge is 2.24. The van der Waals surface area contributed by atoms with Gasteiger partial charge in [-0.1, -0.05) is 6.08 Å². The minimum atomic E-state index is -0.638. The summed E-state index contributed by atoms with van der Waals surface area (Å²) in [7, 11) is 1.52. The molecule has 0 atom stereocenters. The molecule has 0 radical (unpaired) electrons. The molecule has 0 aliphatic rings. The maximum Gasteiger partial charge on any atom is 0.314 e. The SMILES string of the molecule is C=CCc1cc(C=CC(=O)c2ccc(OCOC(=O)C(C)(C)C)cc2)c(OC)cc1OCOC(=O)C(C)(C)C. The molecular weight excluding hydrogens is 500 g/mol. The standard InChI is InChI=1S/C31H38O8/c1-9-10-22-17-23(26(35-8)18-27(22)37-20-39-29(34)31(5,6)7)13-16-25(32)21-11-14-24(15-12-21)36-19-38-28(33)30(2,3)4/h9,11-18H,1,10,19-20H2,2-8H3. The van der Waals surface area contributed by atoms with Crippen LogP contribution in [-0.4, -0.2) is 38.4 Å². The van der Waals surface area contributed by atoms with E-state index in [4.69, 9.17) is 23.7 Å². The van der Waals surface area contributed by atoms with Gasteiger partial charge >= 0.3 is 11.9 Å². The second kappa shape index (κ2) is 13.6. The highest BCUT2D eigenvalue weighted by Crippen LogP contribution is 2.31. The number of benzene rings is 2. The fraction of sp³-hybridized carbons (Fsp3) is 0.387. The van der Waals surface area contributed by atoms with E-state index in [0.717, 1.165) is 5.56 Å². The maximum absolute atomic E-state index is 12.8. The van der Waals surface area contributed by atoms with E-state index >= 15 is 0 Å². The van der Waals surface area contributed by atoms with Crippen molar-refractivity contribution in [1.82, 2.24) is 0 Å². The lowest BCUT2D eigenvalue weighted by Crippen LogP contribution is -2.24. The number of ether oxygens (including phenoxy) is 5. The van der Waals surface area contributed by atoms with Gasteiger partial charge in [-0.2, -0.15) is 0 Å². The van der Waals surface area contributed by atoms with Crippen LogP contribution in [-0.2, 0) is 25.5 Å². The number of hydrogen-bond donors (Lipinski definition) is 0. The molecule has 8 nitrogen and oxygen atoms in total. The summed E-state index contributed by atoms with van der Waals surface area (Å²) in [6.45, 7) is 13.9. The monoisotopic (exact) mass is 538 g/mol. The van der Waals surface area contributed by atoms with Gasteiger partial charge in [0.25, 0.3) is 0 Å². The van der Waals surface area contributed by atoms with Crippen molar-refractivity contribution in [3.8, 4) is 17.2 Å². The molecule has 0 saturated heterocycles. The number of rotatable bonds is 12. The van der Waals surface area contributed by atoms with Crippen molar-refractivity contribution in [2.75, 3.05) is 20.7 Å². The van der Waals surface area contributed by atoms with Gasteiger partial charge in [0, 0.05) is 17.2 Å². The Labute approximate surface area is 230 Å². The smallest absolute Gasteiger partial charge is 0.314 e. The summed E-state index contributed by atoms with van der Waals surface area (Å²) in [5.74, 6) is 0.480. The predicted octanol–water partition coefficient (Wildman–Crippen LogP) is 6.17. The molecule has 39 heavy (non-hydrogen) atoms. The van der Waals surface area contributed by atoms with Crippen LogP contribution >= 0.6 is 0 Å². The van der Waals surface area contributed by atoms with Gasteiger partial charge in [-0.05, 0) is 96.0 Å². The Morgan fingerprint density at radius 2 is 1.38 bits per heavy atom. The van der Waals surface area contributed by atoms with E-state index in [1.54, 1.807) is 84.0 Å². The van der Waals surface area contributed by atoms with Gasteiger partial charge in [0.1, 0.15) is 17.2 Å². The summed E-state index contributed by atoms with van der Waals surface area (Å²) < 4.78 is 27.0. The normalized spacial score (nSPS) is 11.6. The number of hydrogen-bond acceptors (Lipinski definition) is 8. The largest absolute Gasteiger partial charge is 0.496 e. The molecule has 0 unspecified atom stereocenters. The zero-order valence-electron chi connectivity index (χ0n) is 23.8. The molecule has 0 aliphatic heterocycles. The third-order valence-corrected chi connectivity index (χ3v) is 5.37. The molecule has 0 fully saturated rings. The van der Waals surface area contributed by atoms with Crippen LogP contribution in [0.5, 0.6) is 17.2 Å². The number of carbonyl (C=O) groups excluding carboxylic acids is 3. The van der Waals surface area contributed by atoms with E-state index in [9.17, 15) is 14.4 Å². The first kappa shape index (κ1) is 31.1. The summed E-state index contributed by atoms with van der Waals surface area (Å²) in [5.41, 5.74) is 0.660. The molecule has 0 bridgehead atoms. The Kier molecular flexibility index (Phi) is 10.9. The van der Waals surface area contributed by atoms with Crippen molar-refractivity contribution in [3.05, 3.63) is 71.8 Å². The molecule has 2 aromatic rings. The highest BCUT2D eigenvalue weighted by molar-refractivity contribution is 6.07.